The number of rotatable bonds is 4. The molecule has 2 aromatic carbocycles. The van der Waals surface area contributed by atoms with Crippen molar-refractivity contribution in [3.8, 4) is 0 Å². The third-order valence-corrected chi connectivity index (χ3v) is 7.85. The van der Waals surface area contributed by atoms with Crippen LogP contribution in [0.3, 0.4) is 0 Å². The molecule has 1 fully saturated rings. The highest BCUT2D eigenvalue weighted by atomic mass is 16.2. The van der Waals surface area contributed by atoms with Gasteiger partial charge in [0.05, 0.1) is 0 Å². The van der Waals surface area contributed by atoms with E-state index in [9.17, 15) is 4.79 Å². The Morgan fingerprint density at radius 1 is 1.10 bits per heavy atom. The monoisotopic (exact) mass is 404 g/mol. The van der Waals surface area contributed by atoms with Crippen molar-refractivity contribution in [2.45, 2.75) is 71.1 Å². The Morgan fingerprint density at radius 3 is 2.60 bits per heavy atom. The maximum absolute atomic E-state index is 12.5. The van der Waals surface area contributed by atoms with Crippen LogP contribution < -0.4 is 10.6 Å². The van der Waals surface area contributed by atoms with Crippen molar-refractivity contribution < 1.29 is 4.79 Å². The molecule has 0 spiro atoms. The molecule has 1 saturated carbocycles. The summed E-state index contributed by atoms with van der Waals surface area (Å²) in [6, 6.07) is 16.8. The average Bonchev–Trinajstić information content (AvgIpc) is 2.72. The molecule has 2 aromatic rings. The van der Waals surface area contributed by atoms with Crippen molar-refractivity contribution in [3.63, 3.8) is 0 Å². The molecule has 3 nitrogen and oxygen atoms in total. The van der Waals surface area contributed by atoms with Crippen LogP contribution in [0.1, 0.15) is 76.0 Å². The lowest BCUT2D eigenvalue weighted by molar-refractivity contribution is 0.0281. The molecule has 2 amide bonds. The topological polar surface area (TPSA) is 41.1 Å². The molecule has 0 saturated heterocycles. The zero-order valence-corrected chi connectivity index (χ0v) is 18.9. The number of amides is 2. The predicted molar refractivity (Wildman–Crippen MR) is 125 cm³/mol. The maximum Gasteiger partial charge on any atom is 0.319 e. The summed E-state index contributed by atoms with van der Waals surface area (Å²) in [5.74, 6) is 1.16. The third-order valence-electron chi connectivity index (χ3n) is 7.85. The lowest BCUT2D eigenvalue weighted by Gasteiger charge is -2.55. The highest BCUT2D eigenvalue weighted by Crippen LogP contribution is 2.57. The smallest absolute Gasteiger partial charge is 0.319 e. The number of carbonyl (C=O) groups excluding carboxylic acids is 1. The van der Waals surface area contributed by atoms with Crippen LogP contribution in [0.25, 0.3) is 0 Å². The number of nitrogens with one attached hydrogen (secondary N) is 2. The van der Waals surface area contributed by atoms with Gasteiger partial charge >= 0.3 is 6.03 Å². The second-order valence-corrected chi connectivity index (χ2v) is 10.3. The molecule has 0 radical (unpaired) electrons. The minimum atomic E-state index is -0.104. The first-order chi connectivity index (χ1) is 14.3. The van der Waals surface area contributed by atoms with Gasteiger partial charge in [0.25, 0.3) is 0 Å². The van der Waals surface area contributed by atoms with Gasteiger partial charge in [-0.25, -0.2) is 4.79 Å². The van der Waals surface area contributed by atoms with Gasteiger partial charge in [-0.05, 0) is 77.2 Å². The second kappa shape index (κ2) is 8.09. The van der Waals surface area contributed by atoms with Crippen molar-refractivity contribution in [1.29, 1.82) is 0 Å². The fraction of sp³-hybridized carbons (Fsp3) is 0.519. The summed E-state index contributed by atoms with van der Waals surface area (Å²) >= 11 is 0. The summed E-state index contributed by atoms with van der Waals surface area (Å²) in [4.78, 5) is 12.5. The first-order valence-electron chi connectivity index (χ1n) is 11.5. The van der Waals surface area contributed by atoms with Gasteiger partial charge in [0.1, 0.15) is 0 Å². The van der Waals surface area contributed by atoms with Crippen LogP contribution in [0.15, 0.2) is 48.5 Å². The first-order valence-corrected chi connectivity index (χ1v) is 11.5. The largest absolute Gasteiger partial charge is 0.337 e. The minimum absolute atomic E-state index is 0.104. The van der Waals surface area contributed by atoms with E-state index in [0.717, 1.165) is 18.7 Å². The third kappa shape index (κ3) is 3.87. The van der Waals surface area contributed by atoms with Gasteiger partial charge in [0.2, 0.25) is 0 Å². The van der Waals surface area contributed by atoms with E-state index < -0.39 is 0 Å². The highest BCUT2D eigenvalue weighted by Gasteiger charge is 2.51. The molecule has 0 aliphatic heterocycles. The van der Waals surface area contributed by atoms with Crippen molar-refractivity contribution >= 4 is 11.7 Å². The molecule has 2 aliphatic carbocycles. The molecule has 2 N–H and O–H groups in total. The fourth-order valence-corrected chi connectivity index (χ4v) is 6.19. The number of fused-ring (bicyclic) bond motifs is 3. The van der Waals surface area contributed by atoms with Crippen LogP contribution in [-0.2, 0) is 11.8 Å². The summed E-state index contributed by atoms with van der Waals surface area (Å²) in [5.41, 5.74) is 5.72. The average molecular weight is 405 g/mol. The van der Waals surface area contributed by atoms with Gasteiger partial charge in [0, 0.05) is 12.2 Å². The van der Waals surface area contributed by atoms with E-state index in [2.05, 4.69) is 56.5 Å². The molecule has 0 bridgehead atoms. The predicted octanol–water partition coefficient (Wildman–Crippen LogP) is 6.64. The van der Waals surface area contributed by atoms with E-state index in [0.29, 0.717) is 11.8 Å². The summed E-state index contributed by atoms with van der Waals surface area (Å²) in [5, 5.41) is 6.15. The molecule has 3 heteroatoms. The van der Waals surface area contributed by atoms with E-state index in [1.54, 1.807) is 11.1 Å². The standard InChI is InChI=1S/C27H36N2O/c1-19(2)20-11-13-23-21(17-20)12-14-24-26(3,15-8-16-27(23,24)4)18-28-25(30)29-22-9-6-5-7-10-22/h5-7,9-11,13,17,19,24H,8,12,14-16,18H2,1-4H3,(H2,28,29,30)/t24-,26+,27+/m0/s1. The molecular formula is C27H36N2O. The van der Waals surface area contributed by atoms with Gasteiger partial charge < -0.3 is 10.6 Å². The SMILES string of the molecule is CC(C)c1ccc2c(c1)CC[C@H]1[C@@](C)(CNC(=O)Nc3ccccc3)CCC[C@]21C. The van der Waals surface area contributed by atoms with Gasteiger partial charge in [-0.15, -0.1) is 0 Å². The van der Waals surface area contributed by atoms with E-state index in [1.165, 1.54) is 31.2 Å². The Kier molecular flexibility index (Phi) is 5.65. The minimum Gasteiger partial charge on any atom is -0.337 e. The van der Waals surface area contributed by atoms with Crippen molar-refractivity contribution in [3.05, 3.63) is 65.2 Å². The molecule has 0 aromatic heterocycles. The van der Waals surface area contributed by atoms with Gasteiger partial charge in [0.15, 0.2) is 0 Å². The number of hydrogen-bond donors (Lipinski definition) is 2. The Labute approximate surface area is 181 Å². The Bertz CT molecular complexity index is 906. The Balaban J connectivity index is 1.51. The number of anilines is 1. The number of benzene rings is 2. The quantitative estimate of drug-likeness (QED) is 0.589. The Hall–Kier alpha value is -2.29. The van der Waals surface area contributed by atoms with Crippen molar-refractivity contribution in [1.82, 2.24) is 5.32 Å². The highest BCUT2D eigenvalue weighted by molar-refractivity contribution is 5.89. The van der Waals surface area contributed by atoms with E-state index in [1.807, 2.05) is 30.3 Å². The number of carbonyl (C=O) groups is 1. The van der Waals surface area contributed by atoms with Crippen LogP contribution >= 0.6 is 0 Å². The number of urea groups is 1. The number of para-hydroxylation sites is 1. The molecule has 0 unspecified atom stereocenters. The van der Waals surface area contributed by atoms with Crippen LogP contribution in [0.2, 0.25) is 0 Å². The summed E-state index contributed by atoms with van der Waals surface area (Å²) in [6.07, 6.45) is 6.01. The van der Waals surface area contributed by atoms with E-state index in [-0.39, 0.29) is 16.9 Å². The number of aryl methyl sites for hydroxylation is 1. The van der Waals surface area contributed by atoms with Crippen LogP contribution in [0.5, 0.6) is 0 Å². The maximum atomic E-state index is 12.5. The van der Waals surface area contributed by atoms with Gasteiger partial charge in [-0.2, -0.15) is 0 Å². The zero-order valence-electron chi connectivity index (χ0n) is 18.9. The van der Waals surface area contributed by atoms with E-state index >= 15 is 0 Å². The van der Waals surface area contributed by atoms with Crippen LogP contribution in [0, 0.1) is 11.3 Å². The number of hydrogen-bond acceptors (Lipinski definition) is 1. The van der Waals surface area contributed by atoms with Crippen molar-refractivity contribution in [2.75, 3.05) is 11.9 Å². The normalized spacial score (nSPS) is 27.8. The molecule has 160 valence electrons. The Morgan fingerprint density at radius 2 is 1.87 bits per heavy atom. The zero-order chi connectivity index (χ0) is 21.4. The van der Waals surface area contributed by atoms with Crippen LogP contribution in [0.4, 0.5) is 10.5 Å². The second-order valence-electron chi connectivity index (χ2n) is 10.3. The van der Waals surface area contributed by atoms with Gasteiger partial charge in [-0.1, -0.05) is 70.5 Å². The lowest BCUT2D eigenvalue weighted by Crippen LogP contribution is -2.53. The summed E-state index contributed by atoms with van der Waals surface area (Å²) < 4.78 is 0. The van der Waals surface area contributed by atoms with E-state index in [4.69, 9.17) is 0 Å². The molecule has 2 aliphatic rings. The van der Waals surface area contributed by atoms with Gasteiger partial charge in [-0.3, -0.25) is 0 Å². The molecule has 30 heavy (non-hydrogen) atoms. The molecule has 4 rings (SSSR count). The fourth-order valence-electron chi connectivity index (χ4n) is 6.19. The summed E-state index contributed by atoms with van der Waals surface area (Å²) in [7, 11) is 0. The van der Waals surface area contributed by atoms with Crippen LogP contribution in [-0.4, -0.2) is 12.6 Å². The van der Waals surface area contributed by atoms with Crippen molar-refractivity contribution in [2.24, 2.45) is 11.3 Å². The first kappa shape index (κ1) is 21.0. The lowest BCUT2D eigenvalue weighted by atomic mass is 9.49. The molecular weight excluding hydrogens is 368 g/mol. The molecule has 3 atom stereocenters. The molecule has 0 heterocycles. The summed E-state index contributed by atoms with van der Waals surface area (Å²) in [6.45, 7) is 10.2.